The van der Waals surface area contributed by atoms with Crippen LogP contribution in [0.1, 0.15) is 38.4 Å². The summed E-state index contributed by atoms with van der Waals surface area (Å²) < 4.78 is 10.9. The first-order valence-corrected chi connectivity index (χ1v) is 6.52. The van der Waals surface area contributed by atoms with Crippen molar-refractivity contribution in [3.05, 3.63) is 24.0 Å². The summed E-state index contributed by atoms with van der Waals surface area (Å²) in [6.45, 7) is 5.51. The number of hydrogen-bond acceptors (Lipinski definition) is 4. The van der Waals surface area contributed by atoms with E-state index in [1.165, 1.54) is 0 Å². The van der Waals surface area contributed by atoms with E-state index in [0.29, 0.717) is 11.7 Å². The van der Waals surface area contributed by atoms with Gasteiger partial charge in [-0.3, -0.25) is 4.98 Å². The van der Waals surface area contributed by atoms with Crippen LogP contribution in [0.15, 0.2) is 18.5 Å². The maximum absolute atomic E-state index is 10.2. The molecule has 0 aromatic carbocycles. The van der Waals surface area contributed by atoms with Crippen LogP contribution in [0.5, 0.6) is 5.75 Å². The highest BCUT2D eigenvalue weighted by Crippen LogP contribution is 2.27. The van der Waals surface area contributed by atoms with Crippen molar-refractivity contribution >= 4 is 0 Å². The van der Waals surface area contributed by atoms with Gasteiger partial charge >= 0.3 is 0 Å². The Morgan fingerprint density at radius 1 is 1.50 bits per heavy atom. The van der Waals surface area contributed by atoms with Gasteiger partial charge in [-0.1, -0.05) is 0 Å². The molecular weight excluding hydrogens is 230 g/mol. The van der Waals surface area contributed by atoms with Crippen LogP contribution in [0.25, 0.3) is 0 Å². The molecule has 1 N–H and O–H groups in total. The Hall–Kier alpha value is -1.13. The molecule has 1 aromatic heterocycles. The summed E-state index contributed by atoms with van der Waals surface area (Å²) in [5, 5.41) is 10.2. The van der Waals surface area contributed by atoms with E-state index in [1.807, 2.05) is 19.9 Å². The zero-order valence-electron chi connectivity index (χ0n) is 11.0. The Kier molecular flexibility index (Phi) is 4.55. The van der Waals surface area contributed by atoms with Gasteiger partial charge in [-0.15, -0.1) is 0 Å². The molecule has 4 nitrogen and oxygen atoms in total. The third kappa shape index (κ3) is 3.68. The lowest BCUT2D eigenvalue weighted by atomic mass is 9.97. The molecule has 2 heterocycles. The number of rotatable bonds is 5. The molecule has 1 saturated heterocycles. The molecule has 2 rings (SSSR count). The highest BCUT2D eigenvalue weighted by Gasteiger charge is 2.20. The molecule has 1 fully saturated rings. The smallest absolute Gasteiger partial charge is 0.138 e. The first-order chi connectivity index (χ1) is 8.65. The largest absolute Gasteiger partial charge is 0.489 e. The predicted octanol–water partition coefficient (Wildman–Crippen LogP) is 2.33. The summed E-state index contributed by atoms with van der Waals surface area (Å²) >= 11 is 0. The maximum Gasteiger partial charge on any atom is 0.138 e. The summed E-state index contributed by atoms with van der Waals surface area (Å²) in [5.74, 6) is 1.17. The maximum atomic E-state index is 10.2. The molecule has 100 valence electrons. The van der Waals surface area contributed by atoms with Gasteiger partial charge in [-0.25, -0.2) is 0 Å². The Bertz CT molecular complexity index is 375. The van der Waals surface area contributed by atoms with Crippen LogP contribution in [0.3, 0.4) is 0 Å². The molecule has 2 unspecified atom stereocenters. The van der Waals surface area contributed by atoms with Gasteiger partial charge in [-0.05, 0) is 38.7 Å². The van der Waals surface area contributed by atoms with Crippen LogP contribution in [0, 0.1) is 5.92 Å². The Morgan fingerprint density at radius 2 is 2.33 bits per heavy atom. The minimum Gasteiger partial charge on any atom is -0.489 e. The van der Waals surface area contributed by atoms with Gasteiger partial charge in [0.1, 0.15) is 5.75 Å². The van der Waals surface area contributed by atoms with Crippen molar-refractivity contribution in [3.8, 4) is 5.75 Å². The highest BCUT2D eigenvalue weighted by molar-refractivity contribution is 5.25. The summed E-state index contributed by atoms with van der Waals surface area (Å²) in [6, 6.07) is 1.87. The lowest BCUT2D eigenvalue weighted by Gasteiger charge is -2.16. The number of hydrogen-bond donors (Lipinski definition) is 1. The van der Waals surface area contributed by atoms with Gasteiger partial charge < -0.3 is 14.6 Å². The van der Waals surface area contributed by atoms with Crippen molar-refractivity contribution in [2.75, 3.05) is 13.2 Å². The fourth-order valence-corrected chi connectivity index (χ4v) is 2.18. The number of pyridine rings is 1. The molecule has 0 aliphatic carbocycles. The van der Waals surface area contributed by atoms with Crippen molar-refractivity contribution in [2.24, 2.45) is 5.92 Å². The molecule has 18 heavy (non-hydrogen) atoms. The molecule has 0 saturated carbocycles. The number of ether oxygens (including phenoxy) is 2. The van der Waals surface area contributed by atoms with E-state index in [9.17, 15) is 5.11 Å². The van der Waals surface area contributed by atoms with Crippen molar-refractivity contribution in [1.29, 1.82) is 0 Å². The summed E-state index contributed by atoms with van der Waals surface area (Å²) in [5.41, 5.74) is 0.819. The van der Waals surface area contributed by atoms with Crippen LogP contribution in [-0.4, -0.2) is 29.4 Å². The van der Waals surface area contributed by atoms with Gasteiger partial charge in [0.2, 0.25) is 0 Å². The van der Waals surface area contributed by atoms with Gasteiger partial charge in [-0.2, -0.15) is 0 Å². The minimum absolute atomic E-state index is 0.113. The quantitative estimate of drug-likeness (QED) is 0.872. The van der Waals surface area contributed by atoms with Crippen LogP contribution in [0.2, 0.25) is 0 Å². The molecular formula is C14H21NO3. The van der Waals surface area contributed by atoms with Crippen LogP contribution in [-0.2, 0) is 4.74 Å². The van der Waals surface area contributed by atoms with Gasteiger partial charge in [0.15, 0.2) is 0 Å². The second-order valence-corrected chi connectivity index (χ2v) is 5.10. The summed E-state index contributed by atoms with van der Waals surface area (Å²) in [6.07, 6.45) is 4.77. The average molecular weight is 251 g/mol. The molecule has 0 bridgehead atoms. The highest BCUT2D eigenvalue weighted by atomic mass is 16.5. The van der Waals surface area contributed by atoms with Crippen molar-refractivity contribution in [1.82, 2.24) is 4.98 Å². The molecule has 0 spiro atoms. The lowest BCUT2D eigenvalue weighted by molar-refractivity contribution is 0.129. The summed E-state index contributed by atoms with van der Waals surface area (Å²) in [7, 11) is 0. The molecule has 4 heteroatoms. The standard InChI is InChI=1S/C14H21NO3/c1-10(2)18-13-6-12(7-15-8-13)14(16)5-11-3-4-17-9-11/h6-8,10-11,14,16H,3-5,9H2,1-2H3. The lowest BCUT2D eigenvalue weighted by Crippen LogP contribution is -2.09. The van der Waals surface area contributed by atoms with Crippen molar-refractivity contribution in [3.63, 3.8) is 0 Å². The zero-order chi connectivity index (χ0) is 13.0. The van der Waals surface area contributed by atoms with Gasteiger partial charge in [0, 0.05) is 25.0 Å². The number of aliphatic hydroxyl groups is 1. The number of aromatic nitrogens is 1. The topological polar surface area (TPSA) is 51.6 Å². The normalized spacial score (nSPS) is 21.2. The molecule has 1 aromatic rings. The predicted molar refractivity (Wildman–Crippen MR) is 68.5 cm³/mol. The first-order valence-electron chi connectivity index (χ1n) is 6.52. The fraction of sp³-hybridized carbons (Fsp3) is 0.643. The minimum atomic E-state index is -0.486. The van der Waals surface area contributed by atoms with E-state index >= 15 is 0 Å². The monoisotopic (exact) mass is 251 g/mol. The van der Waals surface area contributed by atoms with Crippen LogP contribution < -0.4 is 4.74 Å². The Morgan fingerprint density at radius 3 is 3.00 bits per heavy atom. The zero-order valence-corrected chi connectivity index (χ0v) is 11.0. The first kappa shape index (κ1) is 13.3. The molecule has 1 aliphatic heterocycles. The average Bonchev–Trinajstić information content (AvgIpc) is 2.81. The second kappa shape index (κ2) is 6.16. The molecule has 0 amide bonds. The van der Waals surface area contributed by atoms with E-state index in [4.69, 9.17) is 9.47 Å². The molecule has 2 atom stereocenters. The van der Waals surface area contributed by atoms with E-state index in [2.05, 4.69) is 4.98 Å². The number of aliphatic hydroxyl groups excluding tert-OH is 1. The third-order valence-electron chi connectivity index (χ3n) is 3.07. The van der Waals surface area contributed by atoms with Gasteiger partial charge in [0.05, 0.1) is 18.4 Å². The third-order valence-corrected chi connectivity index (χ3v) is 3.07. The van der Waals surface area contributed by atoms with Crippen LogP contribution in [0.4, 0.5) is 0 Å². The Balaban J connectivity index is 1.98. The van der Waals surface area contributed by atoms with Crippen LogP contribution >= 0.6 is 0 Å². The Labute approximate surface area is 108 Å². The number of nitrogens with zero attached hydrogens (tertiary/aromatic N) is 1. The van der Waals surface area contributed by atoms with Crippen molar-refractivity contribution in [2.45, 2.75) is 38.9 Å². The van der Waals surface area contributed by atoms with Gasteiger partial charge in [0.25, 0.3) is 0 Å². The van der Waals surface area contributed by atoms with E-state index in [0.717, 1.165) is 31.6 Å². The second-order valence-electron chi connectivity index (χ2n) is 5.10. The van der Waals surface area contributed by atoms with E-state index in [-0.39, 0.29) is 6.10 Å². The fourth-order valence-electron chi connectivity index (χ4n) is 2.18. The summed E-state index contributed by atoms with van der Waals surface area (Å²) in [4.78, 5) is 4.12. The van der Waals surface area contributed by atoms with E-state index < -0.39 is 6.10 Å². The van der Waals surface area contributed by atoms with E-state index in [1.54, 1.807) is 12.4 Å². The SMILES string of the molecule is CC(C)Oc1cncc(C(O)CC2CCOC2)c1. The van der Waals surface area contributed by atoms with Crippen molar-refractivity contribution < 1.29 is 14.6 Å². The molecule has 0 radical (unpaired) electrons. The molecule has 1 aliphatic rings.